The fourth-order valence-corrected chi connectivity index (χ4v) is 2.28. The van der Waals surface area contributed by atoms with E-state index in [0.717, 1.165) is 0 Å². The van der Waals surface area contributed by atoms with Crippen LogP contribution in [-0.4, -0.2) is 38.4 Å². The number of hydrogen-bond acceptors (Lipinski definition) is 5. The molecular weight excluding hydrogens is 324 g/mol. The fourth-order valence-electron chi connectivity index (χ4n) is 2.28. The molecule has 0 radical (unpaired) electrons. The highest BCUT2D eigenvalue weighted by molar-refractivity contribution is 6.06. The molecule has 0 unspecified atom stereocenters. The van der Waals surface area contributed by atoms with Crippen LogP contribution in [0.15, 0.2) is 41.2 Å². The highest BCUT2D eigenvalue weighted by Crippen LogP contribution is 2.17. The first kappa shape index (κ1) is 16.5. The fraction of sp³-hybridized carbons (Fsp3) is 0.250. The Morgan fingerprint density at radius 1 is 1.24 bits per heavy atom. The van der Waals surface area contributed by atoms with Crippen molar-refractivity contribution in [2.45, 2.75) is 20.0 Å². The van der Waals surface area contributed by atoms with Crippen molar-refractivity contribution in [1.29, 1.82) is 0 Å². The molecule has 0 aromatic carbocycles. The normalized spacial score (nSPS) is 10.6. The monoisotopic (exact) mass is 342 g/mol. The van der Waals surface area contributed by atoms with Crippen molar-refractivity contribution in [1.82, 2.24) is 24.9 Å². The van der Waals surface area contributed by atoms with E-state index >= 15 is 0 Å². The van der Waals surface area contributed by atoms with Gasteiger partial charge in [0.1, 0.15) is 5.76 Å². The van der Waals surface area contributed by atoms with Crippen LogP contribution in [0.3, 0.4) is 0 Å². The smallest absolute Gasteiger partial charge is 0.291 e. The largest absolute Gasteiger partial charge is 0.454 e. The third-order valence-corrected chi connectivity index (χ3v) is 3.54. The van der Waals surface area contributed by atoms with E-state index in [-0.39, 0.29) is 17.4 Å². The van der Waals surface area contributed by atoms with E-state index in [0.29, 0.717) is 24.5 Å². The van der Waals surface area contributed by atoms with E-state index in [1.165, 1.54) is 7.05 Å². The molecule has 3 rings (SSSR count). The van der Waals surface area contributed by atoms with E-state index in [4.69, 9.17) is 4.42 Å². The number of aromatic nitrogens is 4. The number of furan rings is 1. The molecule has 9 nitrogen and oxygen atoms in total. The lowest BCUT2D eigenvalue weighted by Gasteiger charge is -2.03. The van der Waals surface area contributed by atoms with Gasteiger partial charge in [-0.1, -0.05) is 0 Å². The van der Waals surface area contributed by atoms with Gasteiger partial charge in [-0.25, -0.2) is 0 Å². The van der Waals surface area contributed by atoms with Gasteiger partial charge >= 0.3 is 0 Å². The molecule has 130 valence electrons. The van der Waals surface area contributed by atoms with E-state index < -0.39 is 5.91 Å². The summed E-state index contributed by atoms with van der Waals surface area (Å²) in [4.78, 5) is 24.3. The van der Waals surface area contributed by atoms with Crippen LogP contribution in [0.4, 0.5) is 5.69 Å². The molecule has 0 saturated carbocycles. The summed E-state index contributed by atoms with van der Waals surface area (Å²) in [6, 6.07) is 5.10. The van der Waals surface area contributed by atoms with Gasteiger partial charge < -0.3 is 15.1 Å². The molecule has 0 aliphatic rings. The average molecular weight is 342 g/mol. The Balaban J connectivity index is 1.75. The Labute approximate surface area is 143 Å². The van der Waals surface area contributed by atoms with Gasteiger partial charge in [-0.05, 0) is 25.1 Å². The number of carbonyl (C=O) groups is 2. The van der Waals surface area contributed by atoms with E-state index in [9.17, 15) is 9.59 Å². The second-order valence-corrected chi connectivity index (χ2v) is 5.25. The Hall–Kier alpha value is -3.36. The first-order valence-corrected chi connectivity index (χ1v) is 7.77. The maximum absolute atomic E-state index is 12.4. The lowest BCUT2D eigenvalue weighted by molar-refractivity contribution is 0.0958. The number of anilines is 1. The van der Waals surface area contributed by atoms with Crippen LogP contribution in [0.2, 0.25) is 0 Å². The minimum Gasteiger partial charge on any atom is -0.454 e. The summed E-state index contributed by atoms with van der Waals surface area (Å²) in [6.07, 6.45) is 5.08. The lowest BCUT2D eigenvalue weighted by Crippen LogP contribution is -2.21. The summed E-state index contributed by atoms with van der Waals surface area (Å²) in [5.41, 5.74) is 0.484. The van der Waals surface area contributed by atoms with Gasteiger partial charge in [-0.2, -0.15) is 10.2 Å². The SMILES string of the molecule is CCn1cc(NC(=O)c2ccc(Cn3cccn3)o2)c(C(=O)NC)n1. The van der Waals surface area contributed by atoms with Gasteiger partial charge in [0.15, 0.2) is 11.5 Å². The zero-order valence-corrected chi connectivity index (χ0v) is 13.9. The van der Waals surface area contributed by atoms with Gasteiger partial charge in [0.05, 0.1) is 12.2 Å². The summed E-state index contributed by atoms with van der Waals surface area (Å²) in [6.45, 7) is 2.90. The van der Waals surface area contributed by atoms with E-state index in [1.54, 1.807) is 40.1 Å². The van der Waals surface area contributed by atoms with Crippen LogP contribution in [-0.2, 0) is 13.1 Å². The maximum atomic E-state index is 12.4. The summed E-state index contributed by atoms with van der Waals surface area (Å²) in [5, 5.41) is 13.4. The second kappa shape index (κ2) is 7.04. The molecule has 0 aliphatic carbocycles. The lowest BCUT2D eigenvalue weighted by atomic mass is 10.3. The summed E-state index contributed by atoms with van der Waals surface area (Å²) in [5.74, 6) is -0.0762. The van der Waals surface area contributed by atoms with Gasteiger partial charge in [0, 0.05) is 32.2 Å². The number of amides is 2. The summed E-state index contributed by atoms with van der Waals surface area (Å²) >= 11 is 0. The standard InChI is InChI=1S/C16H18N6O3/c1-3-21-10-12(14(20-21)16(24)17-2)19-15(23)13-6-5-11(25-13)9-22-8-4-7-18-22/h4-8,10H,3,9H2,1-2H3,(H,17,24)(H,19,23). The van der Waals surface area contributed by atoms with Gasteiger partial charge in [-0.3, -0.25) is 19.0 Å². The van der Waals surface area contributed by atoms with Crippen LogP contribution in [0, 0.1) is 0 Å². The number of nitrogens with one attached hydrogen (secondary N) is 2. The minimum absolute atomic E-state index is 0.147. The van der Waals surface area contributed by atoms with Gasteiger partial charge in [0.25, 0.3) is 11.8 Å². The molecule has 2 N–H and O–H groups in total. The molecule has 25 heavy (non-hydrogen) atoms. The number of hydrogen-bond donors (Lipinski definition) is 2. The maximum Gasteiger partial charge on any atom is 0.291 e. The molecule has 0 fully saturated rings. The molecule has 0 bridgehead atoms. The Bertz CT molecular complexity index is 878. The predicted molar refractivity (Wildman–Crippen MR) is 89.3 cm³/mol. The Kier molecular flexibility index (Phi) is 4.64. The third-order valence-electron chi connectivity index (χ3n) is 3.54. The minimum atomic E-state index is -0.451. The van der Waals surface area contributed by atoms with Crippen LogP contribution < -0.4 is 10.6 Å². The molecule has 3 aromatic rings. The second-order valence-electron chi connectivity index (χ2n) is 5.25. The number of carbonyl (C=O) groups excluding carboxylic acids is 2. The third kappa shape index (κ3) is 3.60. The van der Waals surface area contributed by atoms with Gasteiger partial charge in [-0.15, -0.1) is 0 Å². The van der Waals surface area contributed by atoms with Crippen molar-refractivity contribution in [3.05, 3.63) is 54.0 Å². The quantitative estimate of drug-likeness (QED) is 0.703. The van der Waals surface area contributed by atoms with Gasteiger partial charge in [0.2, 0.25) is 0 Å². The number of aryl methyl sites for hydroxylation is 1. The van der Waals surface area contributed by atoms with E-state index in [1.807, 2.05) is 13.0 Å². The number of nitrogens with zero attached hydrogens (tertiary/aromatic N) is 4. The van der Waals surface area contributed by atoms with Crippen LogP contribution >= 0.6 is 0 Å². The summed E-state index contributed by atoms with van der Waals surface area (Å²) in [7, 11) is 1.51. The Morgan fingerprint density at radius 2 is 2.08 bits per heavy atom. The average Bonchev–Trinajstić information content (AvgIpc) is 3.35. The molecule has 3 heterocycles. The number of rotatable bonds is 6. The zero-order chi connectivity index (χ0) is 17.8. The predicted octanol–water partition coefficient (Wildman–Crippen LogP) is 1.35. The molecule has 2 amide bonds. The first-order valence-electron chi connectivity index (χ1n) is 7.77. The van der Waals surface area contributed by atoms with Crippen molar-refractivity contribution < 1.29 is 14.0 Å². The Morgan fingerprint density at radius 3 is 2.76 bits per heavy atom. The van der Waals surface area contributed by atoms with E-state index in [2.05, 4.69) is 20.8 Å². The van der Waals surface area contributed by atoms with Crippen molar-refractivity contribution >= 4 is 17.5 Å². The van der Waals surface area contributed by atoms with Crippen molar-refractivity contribution in [2.75, 3.05) is 12.4 Å². The van der Waals surface area contributed by atoms with Crippen LogP contribution in [0.25, 0.3) is 0 Å². The molecule has 0 spiro atoms. The highest BCUT2D eigenvalue weighted by atomic mass is 16.4. The van der Waals surface area contributed by atoms with Crippen LogP contribution in [0.1, 0.15) is 33.7 Å². The molecule has 9 heteroatoms. The van der Waals surface area contributed by atoms with Crippen molar-refractivity contribution in [3.63, 3.8) is 0 Å². The summed E-state index contributed by atoms with van der Waals surface area (Å²) < 4.78 is 8.81. The topological polar surface area (TPSA) is 107 Å². The van der Waals surface area contributed by atoms with Crippen LogP contribution in [0.5, 0.6) is 0 Å². The van der Waals surface area contributed by atoms with Crippen molar-refractivity contribution in [2.24, 2.45) is 0 Å². The molecule has 3 aromatic heterocycles. The molecular formula is C16H18N6O3. The molecule has 0 saturated heterocycles. The first-order chi connectivity index (χ1) is 12.1. The molecule has 0 atom stereocenters. The highest BCUT2D eigenvalue weighted by Gasteiger charge is 2.19. The molecule has 0 aliphatic heterocycles. The van der Waals surface area contributed by atoms with Crippen molar-refractivity contribution in [3.8, 4) is 0 Å². The zero-order valence-electron chi connectivity index (χ0n) is 13.9.